The maximum atomic E-state index is 13.9. The van der Waals surface area contributed by atoms with E-state index in [0.29, 0.717) is 18.7 Å². The Balaban J connectivity index is 1.95. The SMILES string of the molecule is CCc1ccc(N(CC(=O)N(CCc2ccccc2)C(C)C(=O)NCC(C)C)S(=O)(=O)c2ccccc2)cc1. The van der Waals surface area contributed by atoms with E-state index in [4.69, 9.17) is 0 Å². The summed E-state index contributed by atoms with van der Waals surface area (Å²) < 4.78 is 28.7. The fourth-order valence-corrected chi connectivity index (χ4v) is 5.60. The van der Waals surface area contributed by atoms with Crippen LogP contribution in [0.5, 0.6) is 0 Å². The number of hydrogen-bond donors (Lipinski definition) is 1. The molecular formula is C31H39N3O4S. The summed E-state index contributed by atoms with van der Waals surface area (Å²) in [6, 6.07) is 24.2. The predicted octanol–water partition coefficient (Wildman–Crippen LogP) is 4.68. The van der Waals surface area contributed by atoms with Crippen LogP contribution in [0.4, 0.5) is 5.69 Å². The van der Waals surface area contributed by atoms with Gasteiger partial charge in [-0.15, -0.1) is 0 Å². The Labute approximate surface area is 232 Å². The van der Waals surface area contributed by atoms with Gasteiger partial charge in [0, 0.05) is 13.1 Å². The van der Waals surface area contributed by atoms with Crippen LogP contribution in [0.2, 0.25) is 0 Å². The first-order chi connectivity index (χ1) is 18.6. The van der Waals surface area contributed by atoms with Gasteiger partial charge in [0.15, 0.2) is 0 Å². The minimum atomic E-state index is -4.05. The molecule has 2 amide bonds. The molecule has 0 fully saturated rings. The fourth-order valence-electron chi connectivity index (χ4n) is 4.17. The zero-order valence-electron chi connectivity index (χ0n) is 23.2. The Kier molecular flexibility index (Phi) is 10.7. The first-order valence-corrected chi connectivity index (χ1v) is 14.8. The minimum absolute atomic E-state index is 0.0935. The molecule has 0 aliphatic heterocycles. The van der Waals surface area contributed by atoms with Crippen LogP contribution in [0.1, 0.15) is 38.8 Å². The van der Waals surface area contributed by atoms with Gasteiger partial charge in [-0.3, -0.25) is 13.9 Å². The van der Waals surface area contributed by atoms with Crippen LogP contribution in [-0.4, -0.2) is 50.8 Å². The number of sulfonamides is 1. The summed E-state index contributed by atoms with van der Waals surface area (Å²) >= 11 is 0. The minimum Gasteiger partial charge on any atom is -0.354 e. The first-order valence-electron chi connectivity index (χ1n) is 13.4. The fraction of sp³-hybridized carbons (Fsp3) is 0.355. The quantitative estimate of drug-likeness (QED) is 0.336. The van der Waals surface area contributed by atoms with Crippen LogP contribution in [0.15, 0.2) is 89.8 Å². The van der Waals surface area contributed by atoms with Gasteiger partial charge in [0.2, 0.25) is 11.8 Å². The van der Waals surface area contributed by atoms with Crippen molar-refractivity contribution < 1.29 is 18.0 Å². The predicted molar refractivity (Wildman–Crippen MR) is 156 cm³/mol. The molecule has 0 saturated carbocycles. The van der Waals surface area contributed by atoms with E-state index >= 15 is 0 Å². The molecular weight excluding hydrogens is 510 g/mol. The van der Waals surface area contributed by atoms with Crippen molar-refractivity contribution in [1.29, 1.82) is 0 Å². The third kappa shape index (κ3) is 8.17. The van der Waals surface area contributed by atoms with E-state index in [1.165, 1.54) is 17.0 Å². The van der Waals surface area contributed by atoms with Crippen LogP contribution < -0.4 is 9.62 Å². The summed E-state index contributed by atoms with van der Waals surface area (Å²) in [5, 5.41) is 2.90. The standard InChI is InChI=1S/C31H39N3O4S/c1-5-26-16-18-28(19-17-26)34(39(37,38)29-14-10-7-11-15-29)23-30(35)33(21-20-27-12-8-6-9-13-27)25(4)31(36)32-22-24(2)3/h6-19,24-25H,5,20-23H2,1-4H3,(H,32,36). The molecule has 3 rings (SSSR count). The van der Waals surface area contributed by atoms with E-state index < -0.39 is 28.5 Å². The average molecular weight is 550 g/mol. The summed E-state index contributed by atoms with van der Waals surface area (Å²) in [4.78, 5) is 28.5. The third-order valence-electron chi connectivity index (χ3n) is 6.58. The highest BCUT2D eigenvalue weighted by Gasteiger charge is 2.32. The molecule has 1 unspecified atom stereocenters. The van der Waals surface area contributed by atoms with Crippen molar-refractivity contribution in [2.75, 3.05) is 23.9 Å². The van der Waals surface area contributed by atoms with Crippen molar-refractivity contribution in [3.8, 4) is 0 Å². The van der Waals surface area contributed by atoms with E-state index in [2.05, 4.69) is 5.32 Å². The van der Waals surface area contributed by atoms with Crippen LogP contribution in [0.3, 0.4) is 0 Å². The van der Waals surface area contributed by atoms with Crippen molar-refractivity contribution in [1.82, 2.24) is 10.2 Å². The molecule has 7 nitrogen and oxygen atoms in total. The Morgan fingerprint density at radius 3 is 1.97 bits per heavy atom. The van der Waals surface area contributed by atoms with E-state index in [-0.39, 0.29) is 23.3 Å². The van der Waals surface area contributed by atoms with Crippen molar-refractivity contribution in [3.63, 3.8) is 0 Å². The Morgan fingerprint density at radius 2 is 1.41 bits per heavy atom. The number of benzene rings is 3. The highest BCUT2D eigenvalue weighted by atomic mass is 32.2. The zero-order chi connectivity index (χ0) is 28.4. The zero-order valence-corrected chi connectivity index (χ0v) is 24.0. The van der Waals surface area contributed by atoms with Gasteiger partial charge < -0.3 is 10.2 Å². The summed E-state index contributed by atoms with van der Waals surface area (Å²) in [5.74, 6) is -0.459. The molecule has 0 heterocycles. The molecule has 0 bridgehead atoms. The van der Waals surface area contributed by atoms with Crippen LogP contribution in [0, 0.1) is 5.92 Å². The number of rotatable bonds is 13. The average Bonchev–Trinajstić information content (AvgIpc) is 2.95. The first kappa shape index (κ1) is 29.9. The lowest BCUT2D eigenvalue weighted by Crippen LogP contribution is -2.52. The van der Waals surface area contributed by atoms with E-state index in [1.54, 1.807) is 37.3 Å². The smallest absolute Gasteiger partial charge is 0.264 e. The van der Waals surface area contributed by atoms with Gasteiger partial charge in [-0.25, -0.2) is 8.42 Å². The highest BCUT2D eigenvalue weighted by Crippen LogP contribution is 2.25. The summed E-state index contributed by atoms with van der Waals surface area (Å²) in [6.07, 6.45) is 1.34. The van der Waals surface area contributed by atoms with Gasteiger partial charge in [0.25, 0.3) is 10.0 Å². The number of hydrogen-bond acceptors (Lipinski definition) is 4. The van der Waals surface area contributed by atoms with Crippen LogP contribution in [-0.2, 0) is 32.5 Å². The second-order valence-corrected chi connectivity index (χ2v) is 11.8. The van der Waals surface area contributed by atoms with Gasteiger partial charge in [-0.05, 0) is 61.1 Å². The second kappa shape index (κ2) is 13.9. The third-order valence-corrected chi connectivity index (χ3v) is 8.37. The second-order valence-electron chi connectivity index (χ2n) is 9.98. The molecule has 0 aliphatic carbocycles. The molecule has 3 aromatic carbocycles. The van der Waals surface area contributed by atoms with Crippen molar-refractivity contribution in [3.05, 3.63) is 96.1 Å². The number of nitrogens with zero attached hydrogens (tertiary/aromatic N) is 2. The lowest BCUT2D eigenvalue weighted by atomic mass is 10.1. The molecule has 1 atom stereocenters. The van der Waals surface area contributed by atoms with E-state index in [9.17, 15) is 18.0 Å². The largest absolute Gasteiger partial charge is 0.354 e. The summed E-state index contributed by atoms with van der Waals surface area (Å²) in [5.41, 5.74) is 2.47. The molecule has 1 N–H and O–H groups in total. The number of aryl methyl sites for hydroxylation is 1. The topological polar surface area (TPSA) is 86.8 Å². The molecule has 0 radical (unpaired) electrons. The monoisotopic (exact) mass is 549 g/mol. The molecule has 3 aromatic rings. The summed E-state index contributed by atoms with van der Waals surface area (Å²) in [7, 11) is -4.05. The lowest BCUT2D eigenvalue weighted by Gasteiger charge is -2.32. The van der Waals surface area contributed by atoms with E-state index in [0.717, 1.165) is 21.9 Å². The molecule has 208 valence electrons. The van der Waals surface area contributed by atoms with Gasteiger partial charge in [0.1, 0.15) is 12.6 Å². The highest BCUT2D eigenvalue weighted by molar-refractivity contribution is 7.92. The molecule has 8 heteroatoms. The van der Waals surface area contributed by atoms with Crippen molar-refractivity contribution >= 4 is 27.5 Å². The Morgan fingerprint density at radius 1 is 0.821 bits per heavy atom. The normalized spacial score (nSPS) is 12.1. The van der Waals surface area contributed by atoms with Crippen LogP contribution >= 0.6 is 0 Å². The maximum absolute atomic E-state index is 13.9. The van der Waals surface area contributed by atoms with Gasteiger partial charge >= 0.3 is 0 Å². The van der Waals surface area contributed by atoms with Gasteiger partial charge in [-0.2, -0.15) is 0 Å². The number of carbonyl (C=O) groups is 2. The molecule has 0 aromatic heterocycles. The molecule has 39 heavy (non-hydrogen) atoms. The lowest BCUT2D eigenvalue weighted by molar-refractivity contribution is -0.138. The maximum Gasteiger partial charge on any atom is 0.264 e. The number of carbonyl (C=O) groups excluding carboxylic acids is 2. The van der Waals surface area contributed by atoms with E-state index in [1.807, 2.05) is 63.2 Å². The molecule has 0 saturated heterocycles. The summed E-state index contributed by atoms with van der Waals surface area (Å²) in [6.45, 7) is 8.03. The van der Waals surface area contributed by atoms with Crippen LogP contribution in [0.25, 0.3) is 0 Å². The Bertz CT molecular complexity index is 1310. The number of amides is 2. The van der Waals surface area contributed by atoms with Crippen molar-refractivity contribution in [2.45, 2.75) is 51.5 Å². The number of nitrogens with one attached hydrogen (secondary N) is 1. The Hall–Kier alpha value is -3.65. The van der Waals surface area contributed by atoms with Crippen molar-refractivity contribution in [2.24, 2.45) is 5.92 Å². The number of anilines is 1. The molecule has 0 aliphatic rings. The molecule has 0 spiro atoms. The van der Waals surface area contributed by atoms with Gasteiger partial charge in [-0.1, -0.05) is 81.4 Å². The van der Waals surface area contributed by atoms with Gasteiger partial charge in [0.05, 0.1) is 10.6 Å².